The van der Waals surface area contributed by atoms with E-state index in [-0.39, 0.29) is 0 Å². The molecule has 0 bridgehead atoms. The van der Waals surface area contributed by atoms with Gasteiger partial charge < -0.3 is 5.32 Å². The molecule has 0 amide bonds. The number of nitrogens with zero attached hydrogens (tertiary/aromatic N) is 5. The van der Waals surface area contributed by atoms with Crippen molar-refractivity contribution in [3.05, 3.63) is 23.8 Å². The third-order valence-electron chi connectivity index (χ3n) is 2.05. The normalized spacial score (nSPS) is 10.3. The summed E-state index contributed by atoms with van der Waals surface area (Å²) >= 11 is 0. The van der Waals surface area contributed by atoms with Gasteiger partial charge in [0.05, 0.1) is 23.3 Å². The Bertz CT molecular complexity index is 475. The highest BCUT2D eigenvalue weighted by Crippen LogP contribution is 2.10. The highest BCUT2D eigenvalue weighted by molar-refractivity contribution is 5.49. The Morgan fingerprint density at radius 1 is 1.20 bits per heavy atom. The first-order valence-corrected chi connectivity index (χ1v) is 4.59. The topological polar surface area (TPSA) is 68.5 Å². The number of hydrogen-bond acceptors (Lipinski definition) is 5. The number of nitrogens with one attached hydrogen (secondary N) is 1. The molecule has 2 aromatic heterocycles. The molecule has 0 atom stereocenters. The molecule has 15 heavy (non-hydrogen) atoms. The summed E-state index contributed by atoms with van der Waals surface area (Å²) in [7, 11) is 1.85. The Balaban J connectivity index is 2.21. The second-order valence-corrected chi connectivity index (χ2v) is 3.33. The first-order chi connectivity index (χ1) is 7.15. The second kappa shape index (κ2) is 3.64. The van der Waals surface area contributed by atoms with E-state index < -0.39 is 0 Å². The van der Waals surface area contributed by atoms with Gasteiger partial charge >= 0.3 is 0 Å². The Morgan fingerprint density at radius 3 is 2.60 bits per heavy atom. The van der Waals surface area contributed by atoms with Crippen molar-refractivity contribution in [2.24, 2.45) is 7.05 Å². The summed E-state index contributed by atoms with van der Waals surface area (Å²) < 4.78 is 1.71. The molecule has 6 heteroatoms. The van der Waals surface area contributed by atoms with Crippen LogP contribution in [-0.4, -0.2) is 25.0 Å². The predicted molar refractivity (Wildman–Crippen MR) is 55.8 cm³/mol. The fourth-order valence-electron chi connectivity index (χ4n) is 1.12. The smallest absolute Gasteiger partial charge is 0.247 e. The van der Waals surface area contributed by atoms with E-state index in [1.54, 1.807) is 10.9 Å². The van der Waals surface area contributed by atoms with Gasteiger partial charge in [0.2, 0.25) is 5.95 Å². The summed E-state index contributed by atoms with van der Waals surface area (Å²) in [5, 5.41) is 15.0. The Kier molecular flexibility index (Phi) is 2.32. The summed E-state index contributed by atoms with van der Waals surface area (Å²) in [5.41, 5.74) is 2.56. The van der Waals surface area contributed by atoms with Gasteiger partial charge in [-0.25, -0.2) is 4.98 Å². The maximum Gasteiger partial charge on any atom is 0.247 e. The SMILES string of the molecule is Cc1nnc(Nc2cnn(C)c2)nc1C. The first-order valence-electron chi connectivity index (χ1n) is 4.59. The third kappa shape index (κ3) is 2.09. The zero-order valence-corrected chi connectivity index (χ0v) is 8.89. The standard InChI is InChI=1S/C9H12N6/c1-6-7(2)13-14-9(11-6)12-8-4-10-15(3)5-8/h4-5H,1-3H3,(H,11,12,14). The lowest BCUT2D eigenvalue weighted by atomic mass is 10.4. The Hall–Kier alpha value is -1.98. The summed E-state index contributed by atoms with van der Waals surface area (Å²) in [6.45, 7) is 3.78. The Labute approximate surface area is 87.4 Å². The summed E-state index contributed by atoms with van der Waals surface area (Å²) in [4.78, 5) is 4.26. The van der Waals surface area contributed by atoms with Crippen LogP contribution in [0.15, 0.2) is 12.4 Å². The number of aromatic nitrogens is 5. The van der Waals surface area contributed by atoms with E-state index in [0.29, 0.717) is 5.95 Å². The van der Waals surface area contributed by atoms with Crippen molar-refractivity contribution in [1.82, 2.24) is 25.0 Å². The van der Waals surface area contributed by atoms with E-state index >= 15 is 0 Å². The zero-order chi connectivity index (χ0) is 10.8. The second-order valence-electron chi connectivity index (χ2n) is 3.33. The molecule has 2 aromatic rings. The number of hydrogen-bond donors (Lipinski definition) is 1. The van der Waals surface area contributed by atoms with Crippen LogP contribution < -0.4 is 5.32 Å². The molecule has 1 N–H and O–H groups in total. The molecule has 0 radical (unpaired) electrons. The van der Waals surface area contributed by atoms with Crippen LogP contribution in [0.4, 0.5) is 11.6 Å². The predicted octanol–water partition coefficient (Wildman–Crippen LogP) is 0.966. The van der Waals surface area contributed by atoms with Crippen LogP contribution >= 0.6 is 0 Å². The molecule has 0 aliphatic rings. The quantitative estimate of drug-likeness (QED) is 0.789. The van der Waals surface area contributed by atoms with E-state index in [1.807, 2.05) is 27.1 Å². The summed E-state index contributed by atoms with van der Waals surface area (Å²) in [5.74, 6) is 0.492. The van der Waals surface area contributed by atoms with Gasteiger partial charge in [0.25, 0.3) is 0 Å². The van der Waals surface area contributed by atoms with E-state index in [2.05, 4.69) is 25.6 Å². The van der Waals surface area contributed by atoms with Crippen molar-refractivity contribution in [2.75, 3.05) is 5.32 Å². The maximum absolute atomic E-state index is 4.26. The van der Waals surface area contributed by atoms with Crippen LogP contribution in [0, 0.1) is 13.8 Å². The van der Waals surface area contributed by atoms with Gasteiger partial charge in [0.1, 0.15) is 0 Å². The largest absolute Gasteiger partial charge is 0.320 e. The van der Waals surface area contributed by atoms with Crippen LogP contribution in [0.5, 0.6) is 0 Å². The molecule has 0 fully saturated rings. The Morgan fingerprint density at radius 2 is 2.00 bits per heavy atom. The van der Waals surface area contributed by atoms with E-state index in [0.717, 1.165) is 17.1 Å². The fourth-order valence-corrected chi connectivity index (χ4v) is 1.12. The van der Waals surface area contributed by atoms with Crippen molar-refractivity contribution in [1.29, 1.82) is 0 Å². The van der Waals surface area contributed by atoms with Gasteiger partial charge in [-0.15, -0.1) is 5.10 Å². The van der Waals surface area contributed by atoms with Gasteiger partial charge in [-0.3, -0.25) is 4.68 Å². The molecule has 2 rings (SSSR count). The van der Waals surface area contributed by atoms with Crippen LogP contribution in [0.2, 0.25) is 0 Å². The van der Waals surface area contributed by atoms with Crippen molar-refractivity contribution in [2.45, 2.75) is 13.8 Å². The zero-order valence-electron chi connectivity index (χ0n) is 8.89. The van der Waals surface area contributed by atoms with Gasteiger partial charge in [-0.1, -0.05) is 0 Å². The molecular formula is C9H12N6. The van der Waals surface area contributed by atoms with Crippen LogP contribution in [0.1, 0.15) is 11.4 Å². The molecule has 0 saturated heterocycles. The minimum atomic E-state index is 0.492. The lowest BCUT2D eigenvalue weighted by Crippen LogP contribution is -2.02. The van der Waals surface area contributed by atoms with Gasteiger partial charge in [0, 0.05) is 13.2 Å². The molecule has 0 spiro atoms. The lowest BCUT2D eigenvalue weighted by Gasteiger charge is -2.02. The lowest BCUT2D eigenvalue weighted by molar-refractivity contribution is 0.768. The van der Waals surface area contributed by atoms with Crippen molar-refractivity contribution in [3.63, 3.8) is 0 Å². The molecule has 0 aliphatic heterocycles. The highest BCUT2D eigenvalue weighted by Gasteiger charge is 2.02. The van der Waals surface area contributed by atoms with Gasteiger partial charge in [-0.2, -0.15) is 10.2 Å². The molecule has 78 valence electrons. The van der Waals surface area contributed by atoms with Crippen molar-refractivity contribution < 1.29 is 0 Å². The molecule has 2 heterocycles. The minimum absolute atomic E-state index is 0.492. The molecule has 0 aromatic carbocycles. The first kappa shape index (κ1) is 9.57. The van der Waals surface area contributed by atoms with E-state index in [1.165, 1.54) is 0 Å². The molecule has 0 saturated carbocycles. The summed E-state index contributed by atoms with van der Waals surface area (Å²) in [6, 6.07) is 0. The minimum Gasteiger partial charge on any atom is -0.320 e. The van der Waals surface area contributed by atoms with Crippen LogP contribution in [0.25, 0.3) is 0 Å². The van der Waals surface area contributed by atoms with Crippen molar-refractivity contribution in [3.8, 4) is 0 Å². The van der Waals surface area contributed by atoms with E-state index in [9.17, 15) is 0 Å². The number of aryl methyl sites for hydroxylation is 3. The molecule has 0 aliphatic carbocycles. The molecule has 6 nitrogen and oxygen atoms in total. The van der Waals surface area contributed by atoms with Crippen LogP contribution in [0.3, 0.4) is 0 Å². The highest BCUT2D eigenvalue weighted by atomic mass is 15.3. The van der Waals surface area contributed by atoms with Gasteiger partial charge in [0.15, 0.2) is 0 Å². The number of rotatable bonds is 2. The average molecular weight is 204 g/mol. The van der Waals surface area contributed by atoms with E-state index in [4.69, 9.17) is 0 Å². The third-order valence-corrected chi connectivity index (χ3v) is 2.05. The maximum atomic E-state index is 4.26. The number of anilines is 2. The summed E-state index contributed by atoms with van der Waals surface area (Å²) in [6.07, 6.45) is 3.55. The molecular weight excluding hydrogens is 192 g/mol. The average Bonchev–Trinajstić information content (AvgIpc) is 2.58. The molecule has 0 unspecified atom stereocenters. The van der Waals surface area contributed by atoms with Crippen LogP contribution in [-0.2, 0) is 7.05 Å². The van der Waals surface area contributed by atoms with Crippen molar-refractivity contribution >= 4 is 11.6 Å². The fraction of sp³-hybridized carbons (Fsp3) is 0.333. The van der Waals surface area contributed by atoms with Gasteiger partial charge in [-0.05, 0) is 13.8 Å². The monoisotopic (exact) mass is 204 g/mol.